The van der Waals surface area contributed by atoms with E-state index >= 15 is 0 Å². The number of hydrogen-bond acceptors (Lipinski definition) is 4. The van der Waals surface area contributed by atoms with Crippen molar-refractivity contribution >= 4 is 5.97 Å². The molecule has 1 rings (SSSR count). The van der Waals surface area contributed by atoms with Gasteiger partial charge in [-0.15, -0.1) is 0 Å². The van der Waals surface area contributed by atoms with E-state index in [4.69, 9.17) is 9.47 Å². The Hall–Kier alpha value is -1.55. The molecule has 0 aliphatic heterocycles. The summed E-state index contributed by atoms with van der Waals surface area (Å²) in [7, 11) is 0. The van der Waals surface area contributed by atoms with Crippen molar-refractivity contribution < 1.29 is 14.3 Å². The van der Waals surface area contributed by atoms with Gasteiger partial charge in [-0.3, -0.25) is 0 Å². The van der Waals surface area contributed by atoms with Crippen LogP contribution < -0.4 is 10.1 Å². The number of nitrogens with one attached hydrogen (secondary N) is 1. The summed E-state index contributed by atoms with van der Waals surface area (Å²) in [4.78, 5) is 11.3. The van der Waals surface area contributed by atoms with E-state index in [9.17, 15) is 4.79 Å². The molecule has 0 bridgehead atoms. The van der Waals surface area contributed by atoms with Crippen LogP contribution in [0.5, 0.6) is 5.75 Å². The number of esters is 1. The molecular formula is C16H25NO3. The molecule has 4 nitrogen and oxygen atoms in total. The number of benzene rings is 1. The molecule has 112 valence electrons. The average molecular weight is 279 g/mol. The minimum atomic E-state index is -0.349. The Bertz CT molecular complexity index is 418. The average Bonchev–Trinajstić information content (AvgIpc) is 2.33. The molecule has 0 spiro atoms. The lowest BCUT2D eigenvalue weighted by molar-refractivity contribution is -0.149. The summed E-state index contributed by atoms with van der Waals surface area (Å²) in [6.45, 7) is 10.8. The third-order valence-corrected chi connectivity index (χ3v) is 2.47. The van der Waals surface area contributed by atoms with Crippen LogP contribution in [-0.2, 0) is 16.1 Å². The quantitative estimate of drug-likeness (QED) is 0.813. The standard InChI is InChI=1S/C16H25NO3/c1-12(2)20-15(18)11-19-14-8-6-13(7-9-14)10-17-16(3,4)5/h6-9,12,17H,10-11H2,1-5H3. The first kappa shape index (κ1) is 16.5. The van der Waals surface area contributed by atoms with E-state index in [1.807, 2.05) is 38.1 Å². The fourth-order valence-electron chi connectivity index (χ4n) is 1.51. The smallest absolute Gasteiger partial charge is 0.344 e. The molecule has 0 aliphatic rings. The maximum atomic E-state index is 11.3. The fraction of sp³-hybridized carbons (Fsp3) is 0.562. The number of rotatable bonds is 6. The lowest BCUT2D eigenvalue weighted by Gasteiger charge is -2.20. The first-order valence-electron chi connectivity index (χ1n) is 6.92. The van der Waals surface area contributed by atoms with Gasteiger partial charge in [0.05, 0.1) is 6.10 Å². The van der Waals surface area contributed by atoms with Gasteiger partial charge in [0.1, 0.15) is 5.75 Å². The largest absolute Gasteiger partial charge is 0.482 e. The third kappa shape index (κ3) is 7.14. The zero-order chi connectivity index (χ0) is 15.2. The Morgan fingerprint density at radius 3 is 2.30 bits per heavy atom. The summed E-state index contributed by atoms with van der Waals surface area (Å²) in [5, 5.41) is 3.41. The second-order valence-corrected chi connectivity index (χ2v) is 6.07. The van der Waals surface area contributed by atoms with Gasteiger partial charge in [0.2, 0.25) is 0 Å². The van der Waals surface area contributed by atoms with Crippen LogP contribution in [0.25, 0.3) is 0 Å². The predicted octanol–water partition coefficient (Wildman–Crippen LogP) is 2.91. The summed E-state index contributed by atoms with van der Waals surface area (Å²) < 4.78 is 10.4. The van der Waals surface area contributed by atoms with Gasteiger partial charge in [0, 0.05) is 12.1 Å². The molecular weight excluding hydrogens is 254 g/mol. The van der Waals surface area contributed by atoms with Gasteiger partial charge in [-0.1, -0.05) is 12.1 Å². The van der Waals surface area contributed by atoms with Crippen molar-refractivity contribution in [2.24, 2.45) is 0 Å². The summed E-state index contributed by atoms with van der Waals surface area (Å²) in [5.41, 5.74) is 1.27. The highest BCUT2D eigenvalue weighted by Crippen LogP contribution is 2.13. The summed E-state index contributed by atoms with van der Waals surface area (Å²) >= 11 is 0. The Morgan fingerprint density at radius 1 is 1.20 bits per heavy atom. The second-order valence-electron chi connectivity index (χ2n) is 6.07. The minimum absolute atomic E-state index is 0.0578. The zero-order valence-corrected chi connectivity index (χ0v) is 13.0. The van der Waals surface area contributed by atoms with Crippen LogP contribution in [0.1, 0.15) is 40.2 Å². The predicted molar refractivity (Wildman–Crippen MR) is 79.8 cm³/mol. The van der Waals surface area contributed by atoms with Crippen LogP contribution in [0.15, 0.2) is 24.3 Å². The number of hydrogen-bond donors (Lipinski definition) is 1. The molecule has 4 heteroatoms. The first-order valence-corrected chi connectivity index (χ1v) is 6.92. The molecule has 1 aromatic rings. The monoisotopic (exact) mass is 279 g/mol. The van der Waals surface area contributed by atoms with Crippen molar-refractivity contribution in [1.29, 1.82) is 0 Å². The van der Waals surface area contributed by atoms with Crippen molar-refractivity contribution in [1.82, 2.24) is 5.32 Å². The van der Waals surface area contributed by atoms with Crippen LogP contribution >= 0.6 is 0 Å². The van der Waals surface area contributed by atoms with Gasteiger partial charge in [-0.25, -0.2) is 4.79 Å². The Balaban J connectivity index is 2.41. The highest BCUT2D eigenvalue weighted by Gasteiger charge is 2.09. The van der Waals surface area contributed by atoms with Crippen LogP contribution in [0.3, 0.4) is 0 Å². The van der Waals surface area contributed by atoms with Crippen molar-refractivity contribution in [3.63, 3.8) is 0 Å². The lowest BCUT2D eigenvalue weighted by atomic mass is 10.1. The number of carbonyl (C=O) groups is 1. The summed E-state index contributed by atoms with van der Waals surface area (Å²) in [5.74, 6) is 0.323. The molecule has 0 heterocycles. The van der Waals surface area contributed by atoms with Gasteiger partial charge in [-0.05, 0) is 52.3 Å². The van der Waals surface area contributed by atoms with Gasteiger partial charge in [-0.2, -0.15) is 0 Å². The van der Waals surface area contributed by atoms with Crippen LogP contribution in [0, 0.1) is 0 Å². The molecule has 0 atom stereocenters. The van der Waals surface area contributed by atoms with Crippen molar-refractivity contribution in [2.75, 3.05) is 6.61 Å². The van der Waals surface area contributed by atoms with Crippen molar-refractivity contribution in [3.05, 3.63) is 29.8 Å². The molecule has 0 saturated heterocycles. The van der Waals surface area contributed by atoms with E-state index in [-0.39, 0.29) is 24.2 Å². The van der Waals surface area contributed by atoms with Gasteiger partial charge >= 0.3 is 5.97 Å². The van der Waals surface area contributed by atoms with Crippen molar-refractivity contribution in [2.45, 2.75) is 52.8 Å². The fourth-order valence-corrected chi connectivity index (χ4v) is 1.51. The summed E-state index contributed by atoms with van der Waals surface area (Å²) in [6.07, 6.45) is -0.114. The van der Waals surface area contributed by atoms with Gasteiger partial charge in [0.15, 0.2) is 6.61 Å². The topological polar surface area (TPSA) is 47.6 Å². The molecule has 0 aromatic heterocycles. The molecule has 0 unspecified atom stereocenters. The zero-order valence-electron chi connectivity index (χ0n) is 13.0. The maximum Gasteiger partial charge on any atom is 0.344 e. The molecule has 0 radical (unpaired) electrons. The molecule has 20 heavy (non-hydrogen) atoms. The number of carbonyl (C=O) groups excluding carboxylic acids is 1. The van der Waals surface area contributed by atoms with Crippen LogP contribution in [0.2, 0.25) is 0 Å². The highest BCUT2D eigenvalue weighted by atomic mass is 16.6. The van der Waals surface area contributed by atoms with Crippen LogP contribution in [-0.4, -0.2) is 24.2 Å². The van der Waals surface area contributed by atoms with E-state index in [1.165, 1.54) is 5.56 Å². The van der Waals surface area contributed by atoms with E-state index in [2.05, 4.69) is 26.1 Å². The number of ether oxygens (including phenoxy) is 2. The highest BCUT2D eigenvalue weighted by molar-refractivity contribution is 5.71. The maximum absolute atomic E-state index is 11.3. The van der Waals surface area contributed by atoms with Gasteiger partial charge in [0.25, 0.3) is 0 Å². The molecule has 0 fully saturated rings. The van der Waals surface area contributed by atoms with Gasteiger partial charge < -0.3 is 14.8 Å². The SMILES string of the molecule is CC(C)OC(=O)COc1ccc(CNC(C)(C)C)cc1. The third-order valence-electron chi connectivity index (χ3n) is 2.47. The second kappa shape index (κ2) is 7.29. The van der Waals surface area contributed by atoms with Crippen LogP contribution in [0.4, 0.5) is 0 Å². The van der Waals surface area contributed by atoms with E-state index in [1.54, 1.807) is 0 Å². The molecule has 1 N–H and O–H groups in total. The summed E-state index contributed by atoms with van der Waals surface area (Å²) in [6, 6.07) is 7.70. The minimum Gasteiger partial charge on any atom is -0.482 e. The Morgan fingerprint density at radius 2 is 1.80 bits per heavy atom. The Kier molecular flexibility index (Phi) is 6.02. The van der Waals surface area contributed by atoms with Crippen molar-refractivity contribution in [3.8, 4) is 5.75 Å². The van der Waals surface area contributed by atoms with E-state index < -0.39 is 0 Å². The Labute approximate surface area is 121 Å². The lowest BCUT2D eigenvalue weighted by Crippen LogP contribution is -2.35. The van der Waals surface area contributed by atoms with E-state index in [0.29, 0.717) is 5.75 Å². The molecule has 1 aromatic carbocycles. The normalized spacial score (nSPS) is 11.5. The molecule has 0 saturated carbocycles. The van der Waals surface area contributed by atoms with E-state index in [0.717, 1.165) is 6.54 Å². The first-order chi connectivity index (χ1) is 9.26. The molecule has 0 amide bonds. The molecule has 0 aliphatic carbocycles.